The van der Waals surface area contributed by atoms with E-state index < -0.39 is 65.3 Å². The van der Waals surface area contributed by atoms with E-state index in [1.165, 1.54) is 18.7 Å². The zero-order valence-corrected chi connectivity index (χ0v) is 21.7. The van der Waals surface area contributed by atoms with Crippen molar-refractivity contribution < 1.29 is 48.5 Å². The smallest absolute Gasteiger partial charge is 0.352 e. The van der Waals surface area contributed by atoms with Gasteiger partial charge < -0.3 is 25.6 Å². The maximum atomic E-state index is 12.7. The SMILES string of the molecule is CC(=O)CC(=O)OCC1=C(C(=O)O)N2C(=O)[C@@H](NC(=O)CCCC(NC(=O)c3ccccc3)C(=O)O)[C@@H]2SC1. The number of thioether (sulfide) groups is 1. The van der Waals surface area contributed by atoms with Crippen molar-refractivity contribution in [3.63, 3.8) is 0 Å². The van der Waals surface area contributed by atoms with E-state index in [9.17, 15) is 43.8 Å². The summed E-state index contributed by atoms with van der Waals surface area (Å²) < 4.78 is 4.97. The Morgan fingerprint density at radius 1 is 1.13 bits per heavy atom. The minimum absolute atomic E-state index is 0.0259. The maximum absolute atomic E-state index is 12.7. The van der Waals surface area contributed by atoms with Crippen LogP contribution in [0.15, 0.2) is 41.6 Å². The third-order valence-electron chi connectivity index (χ3n) is 5.90. The second-order valence-electron chi connectivity index (χ2n) is 8.87. The van der Waals surface area contributed by atoms with Crippen LogP contribution in [0.2, 0.25) is 0 Å². The number of hydrogen-bond acceptors (Lipinski definition) is 9. The molecule has 0 bridgehead atoms. The molecule has 208 valence electrons. The van der Waals surface area contributed by atoms with Gasteiger partial charge in [0.25, 0.3) is 11.8 Å². The number of Topliss-reactive ketones (excluding diaryl/α,β-unsaturated/α-hetero) is 1. The summed E-state index contributed by atoms with van der Waals surface area (Å²) >= 11 is 1.18. The molecule has 0 aromatic heterocycles. The Kier molecular flexibility index (Phi) is 9.82. The molecule has 4 N–H and O–H groups in total. The van der Waals surface area contributed by atoms with Gasteiger partial charge in [-0.2, -0.15) is 0 Å². The van der Waals surface area contributed by atoms with Gasteiger partial charge in [0.15, 0.2) is 0 Å². The predicted octanol–water partition coefficient (Wildman–Crippen LogP) is 0.301. The van der Waals surface area contributed by atoms with E-state index in [2.05, 4.69) is 10.6 Å². The lowest BCUT2D eigenvalue weighted by Gasteiger charge is -2.49. The van der Waals surface area contributed by atoms with Gasteiger partial charge >= 0.3 is 17.9 Å². The normalized spacial score (nSPS) is 18.8. The number of carbonyl (C=O) groups is 7. The van der Waals surface area contributed by atoms with Crippen molar-refractivity contribution in [2.24, 2.45) is 0 Å². The van der Waals surface area contributed by atoms with Crippen LogP contribution >= 0.6 is 11.8 Å². The van der Waals surface area contributed by atoms with Crippen LogP contribution in [0.5, 0.6) is 0 Å². The molecular weight excluding hydrogens is 534 g/mol. The molecule has 0 radical (unpaired) electrons. The van der Waals surface area contributed by atoms with Crippen molar-refractivity contribution in [2.75, 3.05) is 12.4 Å². The van der Waals surface area contributed by atoms with E-state index in [1.54, 1.807) is 30.3 Å². The second kappa shape index (κ2) is 13.0. The first-order valence-corrected chi connectivity index (χ1v) is 13.0. The highest BCUT2D eigenvalue weighted by Gasteiger charge is 2.54. The van der Waals surface area contributed by atoms with Crippen LogP contribution in [0, 0.1) is 0 Å². The van der Waals surface area contributed by atoms with Gasteiger partial charge in [-0.25, -0.2) is 9.59 Å². The molecular formula is C25H27N3O10S. The number of esters is 1. The van der Waals surface area contributed by atoms with E-state index in [0.717, 1.165) is 4.90 Å². The number of carbonyl (C=O) groups excluding carboxylic acids is 5. The van der Waals surface area contributed by atoms with Gasteiger partial charge in [0.1, 0.15) is 42.0 Å². The summed E-state index contributed by atoms with van der Waals surface area (Å²) in [6.45, 7) is 0.825. The summed E-state index contributed by atoms with van der Waals surface area (Å²) in [5.41, 5.74) is 0.158. The molecule has 1 unspecified atom stereocenters. The number of amides is 3. The Labute approximate surface area is 226 Å². The summed E-state index contributed by atoms with van der Waals surface area (Å²) in [7, 11) is 0. The van der Waals surface area contributed by atoms with Crippen molar-refractivity contribution in [1.29, 1.82) is 0 Å². The first-order valence-electron chi connectivity index (χ1n) is 11.9. The monoisotopic (exact) mass is 561 g/mol. The van der Waals surface area contributed by atoms with Crippen molar-refractivity contribution in [2.45, 2.75) is 50.1 Å². The van der Waals surface area contributed by atoms with Gasteiger partial charge in [-0.1, -0.05) is 18.2 Å². The number of aliphatic carboxylic acids is 2. The number of rotatable bonds is 13. The maximum Gasteiger partial charge on any atom is 0.352 e. The molecule has 0 saturated carbocycles. The van der Waals surface area contributed by atoms with Gasteiger partial charge in [0.05, 0.1) is 0 Å². The molecule has 2 aliphatic heterocycles. The predicted molar refractivity (Wildman–Crippen MR) is 135 cm³/mol. The highest BCUT2D eigenvalue weighted by Crippen LogP contribution is 2.40. The number of benzene rings is 1. The number of ketones is 1. The Balaban J connectivity index is 1.52. The number of carboxylic acid groups (broad SMARTS) is 2. The van der Waals surface area contributed by atoms with Crippen LogP contribution < -0.4 is 10.6 Å². The van der Waals surface area contributed by atoms with E-state index in [4.69, 9.17) is 4.74 Å². The molecule has 14 heteroatoms. The number of β-lactam (4-membered cyclic amide) rings is 1. The molecule has 13 nitrogen and oxygen atoms in total. The average Bonchev–Trinajstić information content (AvgIpc) is 2.89. The molecule has 3 atom stereocenters. The summed E-state index contributed by atoms with van der Waals surface area (Å²) in [6.07, 6.45) is -0.488. The van der Waals surface area contributed by atoms with Crippen molar-refractivity contribution in [3.8, 4) is 0 Å². The van der Waals surface area contributed by atoms with Gasteiger partial charge in [-0.3, -0.25) is 28.9 Å². The lowest BCUT2D eigenvalue weighted by Crippen LogP contribution is -2.70. The Morgan fingerprint density at radius 3 is 2.44 bits per heavy atom. The summed E-state index contributed by atoms with van der Waals surface area (Å²) in [4.78, 5) is 84.6. The fourth-order valence-corrected chi connectivity index (χ4v) is 5.34. The number of hydrogen-bond donors (Lipinski definition) is 4. The first kappa shape index (κ1) is 29.4. The van der Waals surface area contributed by atoms with E-state index in [0.29, 0.717) is 5.56 Å². The Morgan fingerprint density at radius 2 is 1.82 bits per heavy atom. The van der Waals surface area contributed by atoms with Crippen LogP contribution in [0.3, 0.4) is 0 Å². The molecule has 2 aliphatic rings. The van der Waals surface area contributed by atoms with Crippen LogP contribution in [0.4, 0.5) is 0 Å². The van der Waals surface area contributed by atoms with E-state index >= 15 is 0 Å². The summed E-state index contributed by atoms with van der Waals surface area (Å²) in [5.74, 6) is -5.48. The van der Waals surface area contributed by atoms with Gasteiger partial charge in [-0.15, -0.1) is 11.8 Å². The lowest BCUT2D eigenvalue weighted by atomic mass is 10.0. The van der Waals surface area contributed by atoms with Crippen molar-refractivity contribution in [1.82, 2.24) is 15.5 Å². The van der Waals surface area contributed by atoms with Gasteiger partial charge in [0, 0.05) is 23.3 Å². The highest BCUT2D eigenvalue weighted by molar-refractivity contribution is 8.00. The molecule has 1 aromatic carbocycles. The van der Waals surface area contributed by atoms with Crippen molar-refractivity contribution >= 4 is 53.2 Å². The van der Waals surface area contributed by atoms with Crippen LogP contribution in [0.1, 0.15) is 43.0 Å². The number of carboxylic acids is 2. The van der Waals surface area contributed by atoms with Crippen molar-refractivity contribution in [3.05, 3.63) is 47.2 Å². The summed E-state index contributed by atoms with van der Waals surface area (Å²) in [5, 5.41) is 23.4. The Bertz CT molecular complexity index is 1220. The van der Waals surface area contributed by atoms with Crippen LogP contribution in [-0.2, 0) is 33.5 Å². The number of nitrogens with zero attached hydrogens (tertiary/aromatic N) is 1. The number of ether oxygens (including phenoxy) is 1. The molecule has 2 heterocycles. The standard InChI is InChI=1S/C25H27N3O10S/c1-13(29)10-18(31)38-11-15-12-39-23-19(22(33)28(23)20(15)25(36)37)27-17(30)9-5-8-16(24(34)35)26-21(32)14-6-3-2-4-7-14/h2-4,6-7,16,19,23H,5,8-12H2,1H3,(H,26,32)(H,27,30)(H,34,35)(H,36,37)/t16?,19-,23+/m1/s1. The zero-order valence-electron chi connectivity index (χ0n) is 20.9. The molecule has 0 spiro atoms. The van der Waals surface area contributed by atoms with Crippen LogP contribution in [0.25, 0.3) is 0 Å². The quantitative estimate of drug-likeness (QED) is 0.147. The number of nitrogens with one attached hydrogen (secondary N) is 2. The molecule has 1 aromatic rings. The minimum atomic E-state index is -1.40. The lowest BCUT2D eigenvalue weighted by molar-refractivity contribution is -0.151. The number of fused-ring (bicyclic) bond motifs is 1. The highest BCUT2D eigenvalue weighted by atomic mass is 32.2. The topological polar surface area (TPSA) is 196 Å². The minimum Gasteiger partial charge on any atom is -0.480 e. The Hall–Kier alpha value is -4.20. The molecule has 0 aliphatic carbocycles. The molecule has 1 fully saturated rings. The largest absolute Gasteiger partial charge is 0.480 e. The molecule has 39 heavy (non-hydrogen) atoms. The van der Waals surface area contributed by atoms with E-state index in [-0.39, 0.29) is 42.9 Å². The molecule has 1 saturated heterocycles. The van der Waals surface area contributed by atoms with E-state index in [1.807, 2.05) is 0 Å². The zero-order chi connectivity index (χ0) is 28.7. The van der Waals surface area contributed by atoms with Gasteiger partial charge in [-0.05, 0) is 31.9 Å². The average molecular weight is 562 g/mol. The third-order valence-corrected chi connectivity index (χ3v) is 7.24. The van der Waals surface area contributed by atoms with Crippen LogP contribution in [-0.4, -0.2) is 86.3 Å². The molecule has 3 amide bonds. The fourth-order valence-electron chi connectivity index (χ4n) is 4.02. The van der Waals surface area contributed by atoms with Gasteiger partial charge in [0.2, 0.25) is 5.91 Å². The third kappa shape index (κ3) is 7.44. The summed E-state index contributed by atoms with van der Waals surface area (Å²) in [6, 6.07) is 5.89. The first-order chi connectivity index (χ1) is 18.5. The molecule has 3 rings (SSSR count). The second-order valence-corrected chi connectivity index (χ2v) is 9.98. The fraction of sp³-hybridized carbons (Fsp3) is 0.400.